The number of rotatable bonds is 9. The smallest absolute Gasteiger partial charge is 0.407 e. The summed E-state index contributed by atoms with van der Waals surface area (Å²) in [4.78, 5) is 26.0. The van der Waals surface area contributed by atoms with Crippen molar-refractivity contribution in [3.63, 3.8) is 0 Å². The monoisotopic (exact) mass is 365 g/mol. The maximum Gasteiger partial charge on any atom is 0.407 e. The molecule has 3 N–H and O–H groups in total. The Labute approximate surface area is 142 Å². The van der Waals surface area contributed by atoms with E-state index in [0.29, 0.717) is 39.1 Å². The number of piperazine rings is 1. The fraction of sp³-hybridized carbons (Fsp3) is 0.857. The molecule has 0 aromatic heterocycles. The summed E-state index contributed by atoms with van der Waals surface area (Å²) in [5.74, 6) is -0.206. The van der Waals surface area contributed by atoms with Crippen molar-refractivity contribution in [3.8, 4) is 0 Å². The first-order valence-corrected chi connectivity index (χ1v) is 9.96. The van der Waals surface area contributed by atoms with Crippen LogP contribution in [0.4, 0.5) is 4.79 Å². The Morgan fingerprint density at radius 3 is 2.08 bits per heavy atom. The summed E-state index contributed by atoms with van der Waals surface area (Å²) in [6.07, 6.45) is 0.0816. The van der Waals surface area contributed by atoms with Gasteiger partial charge in [-0.1, -0.05) is 0 Å². The number of carbonyl (C=O) groups excluding carboxylic acids is 1. The minimum absolute atomic E-state index is 0.206. The van der Waals surface area contributed by atoms with E-state index < -0.39 is 19.7 Å². The lowest BCUT2D eigenvalue weighted by atomic mass is 10.1. The molecule has 1 atom stereocenters. The first kappa shape index (κ1) is 20.9. The Morgan fingerprint density at radius 1 is 1.12 bits per heavy atom. The number of nitrogens with two attached hydrogens (primary N) is 1. The molecular weight excluding hydrogens is 337 g/mol. The van der Waals surface area contributed by atoms with Gasteiger partial charge in [0.2, 0.25) is 5.91 Å². The van der Waals surface area contributed by atoms with Crippen LogP contribution in [0, 0.1) is 0 Å². The van der Waals surface area contributed by atoms with Gasteiger partial charge in [-0.3, -0.25) is 9.36 Å². The van der Waals surface area contributed by atoms with Gasteiger partial charge in [-0.05, 0) is 26.7 Å². The van der Waals surface area contributed by atoms with E-state index in [2.05, 4.69) is 0 Å². The van der Waals surface area contributed by atoms with E-state index in [0.717, 1.165) is 0 Å². The molecule has 24 heavy (non-hydrogen) atoms. The van der Waals surface area contributed by atoms with Crippen molar-refractivity contribution in [1.29, 1.82) is 0 Å². The quantitative estimate of drug-likeness (QED) is 0.588. The molecule has 0 unspecified atom stereocenters. The Balaban J connectivity index is 2.39. The number of hydrogen-bond acceptors (Lipinski definition) is 6. The van der Waals surface area contributed by atoms with Crippen molar-refractivity contribution in [2.75, 3.05) is 45.6 Å². The summed E-state index contributed by atoms with van der Waals surface area (Å²) < 4.78 is 22.7. The van der Waals surface area contributed by atoms with Crippen molar-refractivity contribution < 1.29 is 28.3 Å². The van der Waals surface area contributed by atoms with E-state index >= 15 is 0 Å². The molecule has 0 radical (unpaired) electrons. The second-order valence-electron chi connectivity index (χ2n) is 5.51. The van der Waals surface area contributed by atoms with E-state index in [4.69, 9.17) is 19.9 Å². The Kier molecular flexibility index (Phi) is 8.69. The van der Waals surface area contributed by atoms with Crippen molar-refractivity contribution in [1.82, 2.24) is 9.80 Å². The first-order chi connectivity index (χ1) is 11.3. The number of nitrogens with zero attached hydrogens (tertiary/aromatic N) is 2. The Hall–Kier alpha value is -1.15. The second kappa shape index (κ2) is 9.98. The molecule has 1 rings (SSSR count). The van der Waals surface area contributed by atoms with E-state index in [-0.39, 0.29) is 25.2 Å². The normalized spacial score (nSPS) is 17.0. The van der Waals surface area contributed by atoms with E-state index in [1.807, 2.05) is 0 Å². The maximum atomic E-state index is 12.3. The topological polar surface area (TPSA) is 122 Å². The SMILES string of the molecule is CCOP(=O)(CCC[C@H](N)C(=O)N1CCN(C(=O)O)CC1)OCC. The van der Waals surface area contributed by atoms with Gasteiger partial charge < -0.3 is 29.7 Å². The van der Waals surface area contributed by atoms with E-state index in [1.165, 1.54) is 4.90 Å². The molecule has 0 spiro atoms. The van der Waals surface area contributed by atoms with Crippen LogP contribution in [0.5, 0.6) is 0 Å². The van der Waals surface area contributed by atoms with Crippen LogP contribution in [0.1, 0.15) is 26.7 Å². The fourth-order valence-corrected chi connectivity index (χ4v) is 4.23. The van der Waals surface area contributed by atoms with Crippen LogP contribution >= 0.6 is 7.60 Å². The summed E-state index contributed by atoms with van der Waals surface area (Å²) in [6, 6.07) is -0.696. The predicted octanol–water partition coefficient (Wildman–Crippen LogP) is 1.18. The van der Waals surface area contributed by atoms with Crippen LogP contribution in [0.15, 0.2) is 0 Å². The molecule has 1 fully saturated rings. The van der Waals surface area contributed by atoms with Gasteiger partial charge in [-0.25, -0.2) is 4.79 Å². The third kappa shape index (κ3) is 6.39. The molecule has 2 amide bonds. The van der Waals surface area contributed by atoms with Crippen LogP contribution in [0.25, 0.3) is 0 Å². The molecule has 0 saturated carbocycles. The maximum absolute atomic E-state index is 12.3. The second-order valence-corrected chi connectivity index (χ2v) is 7.70. The average molecular weight is 365 g/mol. The molecule has 1 saturated heterocycles. The van der Waals surface area contributed by atoms with Gasteiger partial charge in [0.15, 0.2) is 0 Å². The molecule has 0 aromatic carbocycles. The Morgan fingerprint density at radius 2 is 1.62 bits per heavy atom. The van der Waals surface area contributed by atoms with Crippen molar-refractivity contribution in [3.05, 3.63) is 0 Å². The van der Waals surface area contributed by atoms with E-state index in [9.17, 15) is 14.2 Å². The third-order valence-corrected chi connectivity index (χ3v) is 5.94. The van der Waals surface area contributed by atoms with Crippen molar-refractivity contribution in [2.24, 2.45) is 5.73 Å². The van der Waals surface area contributed by atoms with Crippen LogP contribution in [-0.4, -0.2) is 78.5 Å². The summed E-state index contributed by atoms with van der Waals surface area (Å²) in [7, 11) is -3.11. The molecule has 0 bridgehead atoms. The molecule has 0 aromatic rings. The molecule has 0 aliphatic carbocycles. The highest BCUT2D eigenvalue weighted by molar-refractivity contribution is 7.53. The van der Waals surface area contributed by atoms with Gasteiger partial charge in [0.05, 0.1) is 25.4 Å². The van der Waals surface area contributed by atoms with Crippen LogP contribution in [0.2, 0.25) is 0 Å². The predicted molar refractivity (Wildman–Crippen MR) is 89.1 cm³/mol. The molecule has 9 nitrogen and oxygen atoms in total. The molecule has 1 aliphatic heterocycles. The zero-order valence-corrected chi connectivity index (χ0v) is 15.2. The number of carbonyl (C=O) groups is 2. The van der Waals surface area contributed by atoms with Crippen LogP contribution < -0.4 is 5.73 Å². The number of amides is 2. The van der Waals surface area contributed by atoms with Crippen LogP contribution in [0.3, 0.4) is 0 Å². The highest BCUT2D eigenvalue weighted by atomic mass is 31.2. The molecule has 140 valence electrons. The van der Waals surface area contributed by atoms with Gasteiger partial charge in [0.25, 0.3) is 0 Å². The highest BCUT2D eigenvalue weighted by Crippen LogP contribution is 2.48. The van der Waals surface area contributed by atoms with Gasteiger partial charge >= 0.3 is 13.7 Å². The van der Waals surface area contributed by atoms with E-state index in [1.54, 1.807) is 18.7 Å². The van der Waals surface area contributed by atoms with Gasteiger partial charge in [0.1, 0.15) is 0 Å². The lowest BCUT2D eigenvalue weighted by Crippen LogP contribution is -2.54. The van der Waals surface area contributed by atoms with Crippen LogP contribution in [-0.2, 0) is 18.4 Å². The lowest BCUT2D eigenvalue weighted by Gasteiger charge is -2.34. The third-order valence-electron chi connectivity index (χ3n) is 3.78. The average Bonchev–Trinajstić information content (AvgIpc) is 2.54. The molecule has 10 heteroatoms. The number of carboxylic acid groups (broad SMARTS) is 1. The lowest BCUT2D eigenvalue weighted by molar-refractivity contribution is -0.134. The van der Waals surface area contributed by atoms with Gasteiger partial charge in [0, 0.05) is 26.2 Å². The summed E-state index contributed by atoms with van der Waals surface area (Å²) in [5, 5.41) is 8.90. The summed E-state index contributed by atoms with van der Waals surface area (Å²) in [6.45, 7) is 5.36. The molecular formula is C14H28N3O6P. The first-order valence-electron chi connectivity index (χ1n) is 8.23. The summed E-state index contributed by atoms with van der Waals surface area (Å²) >= 11 is 0. The zero-order valence-electron chi connectivity index (χ0n) is 14.3. The summed E-state index contributed by atoms with van der Waals surface area (Å²) in [5.41, 5.74) is 5.93. The van der Waals surface area contributed by atoms with Gasteiger partial charge in [-0.2, -0.15) is 0 Å². The standard InChI is InChI=1S/C14H28N3O6P/c1-3-22-24(21,23-4-2)11-5-6-12(15)13(18)16-7-9-17(10-8-16)14(19)20/h12H,3-11,15H2,1-2H3,(H,19,20)/t12-/m0/s1. The minimum atomic E-state index is -3.11. The van der Waals surface area contributed by atoms with Crippen molar-refractivity contribution in [2.45, 2.75) is 32.7 Å². The molecule has 1 heterocycles. The number of hydrogen-bond donors (Lipinski definition) is 2. The minimum Gasteiger partial charge on any atom is -0.465 e. The highest BCUT2D eigenvalue weighted by Gasteiger charge is 2.28. The largest absolute Gasteiger partial charge is 0.465 e. The Bertz CT molecular complexity index is 457. The van der Waals surface area contributed by atoms with Gasteiger partial charge in [-0.15, -0.1) is 0 Å². The zero-order chi connectivity index (χ0) is 18.2. The van der Waals surface area contributed by atoms with Crippen molar-refractivity contribution >= 4 is 19.6 Å². The molecule has 1 aliphatic rings. The fourth-order valence-electron chi connectivity index (χ4n) is 2.54.